The minimum atomic E-state index is -0.0424. The van der Waals surface area contributed by atoms with Crippen molar-refractivity contribution >= 4 is 22.5 Å². The van der Waals surface area contributed by atoms with Crippen molar-refractivity contribution in [3.05, 3.63) is 72.8 Å². The molecule has 0 atom stereocenters. The smallest absolute Gasteiger partial charge is 0.274 e. The Morgan fingerprint density at radius 2 is 1.88 bits per heavy atom. The summed E-state index contributed by atoms with van der Waals surface area (Å²) in [7, 11) is 1.62. The van der Waals surface area contributed by atoms with Crippen molar-refractivity contribution in [1.82, 2.24) is 25.1 Å². The van der Waals surface area contributed by atoms with Crippen LogP contribution in [-0.4, -0.2) is 64.3 Å². The lowest BCUT2D eigenvalue weighted by atomic mass is 9.72. The molecule has 2 fully saturated rings. The minimum absolute atomic E-state index is 0.0424. The normalized spacial score (nSPS) is 16.4. The van der Waals surface area contributed by atoms with Crippen LogP contribution in [0.15, 0.2) is 67.1 Å². The van der Waals surface area contributed by atoms with E-state index in [1.165, 1.54) is 0 Å². The topological polar surface area (TPSA) is 84.3 Å². The van der Waals surface area contributed by atoms with Crippen LogP contribution in [0.1, 0.15) is 10.5 Å². The number of likely N-dealkylation sites (tertiary alicyclic amines) is 1. The average molecular weight is 438 g/mol. The summed E-state index contributed by atoms with van der Waals surface area (Å²) in [5.41, 5.74) is 4.75. The van der Waals surface area contributed by atoms with Gasteiger partial charge in [0.1, 0.15) is 0 Å². The fourth-order valence-electron chi connectivity index (χ4n) is 4.79. The van der Waals surface area contributed by atoms with Gasteiger partial charge in [0.25, 0.3) is 5.91 Å². The van der Waals surface area contributed by atoms with E-state index in [0.29, 0.717) is 11.6 Å². The number of rotatable bonds is 4. The van der Waals surface area contributed by atoms with Gasteiger partial charge in [0, 0.05) is 61.0 Å². The summed E-state index contributed by atoms with van der Waals surface area (Å²) in [5.74, 6) is 0.567. The second-order valence-electron chi connectivity index (χ2n) is 8.82. The Labute approximate surface area is 190 Å². The highest BCUT2D eigenvalue weighted by Crippen LogP contribution is 2.42. The molecule has 8 heteroatoms. The maximum atomic E-state index is 12.5. The van der Waals surface area contributed by atoms with Crippen LogP contribution in [0.5, 0.6) is 5.88 Å². The zero-order valence-electron chi connectivity index (χ0n) is 18.2. The first-order valence-electron chi connectivity index (χ1n) is 10.8. The van der Waals surface area contributed by atoms with Crippen LogP contribution in [0.25, 0.3) is 22.0 Å². The summed E-state index contributed by atoms with van der Waals surface area (Å²) in [6.45, 7) is 3.36. The molecule has 4 aromatic rings. The molecule has 6 rings (SSSR count). The Morgan fingerprint density at radius 3 is 2.67 bits per heavy atom. The van der Waals surface area contributed by atoms with Gasteiger partial charge in [-0.2, -0.15) is 5.10 Å². The Hall–Kier alpha value is -4.07. The number of amides is 1. The lowest BCUT2D eigenvalue weighted by molar-refractivity contribution is -0.0109. The molecule has 3 aromatic heterocycles. The Balaban J connectivity index is 1.14. The number of hydrogen-bond acceptors (Lipinski definition) is 7. The summed E-state index contributed by atoms with van der Waals surface area (Å²) in [6.07, 6.45) is 5.37. The van der Waals surface area contributed by atoms with Crippen molar-refractivity contribution in [3.8, 4) is 17.0 Å². The zero-order valence-corrected chi connectivity index (χ0v) is 18.2. The molecule has 2 aliphatic heterocycles. The number of ether oxygens (including phenoxy) is 1. The third-order valence-corrected chi connectivity index (χ3v) is 6.48. The molecule has 1 aromatic carbocycles. The number of nitrogens with zero attached hydrogens (tertiary/aromatic N) is 6. The molecule has 164 valence electrons. The van der Waals surface area contributed by atoms with Crippen molar-refractivity contribution in [1.29, 1.82) is 0 Å². The van der Waals surface area contributed by atoms with Crippen LogP contribution in [0.3, 0.4) is 0 Å². The largest absolute Gasteiger partial charge is 0.481 e. The number of carbonyl (C=O) groups is 1. The molecule has 0 saturated carbocycles. The molecule has 1 amide bonds. The van der Waals surface area contributed by atoms with E-state index in [9.17, 15) is 4.79 Å². The van der Waals surface area contributed by atoms with Crippen molar-refractivity contribution in [2.24, 2.45) is 5.41 Å². The molecule has 8 nitrogen and oxygen atoms in total. The van der Waals surface area contributed by atoms with Gasteiger partial charge < -0.3 is 14.5 Å². The molecule has 0 aliphatic carbocycles. The first kappa shape index (κ1) is 19.6. The number of aromatic nitrogens is 4. The van der Waals surface area contributed by atoms with Gasteiger partial charge in [-0.3, -0.25) is 9.78 Å². The van der Waals surface area contributed by atoms with Crippen LogP contribution in [-0.2, 0) is 0 Å². The predicted octanol–water partition coefficient (Wildman–Crippen LogP) is 3.06. The number of fused-ring (bicyclic) bond motifs is 1. The number of benzene rings is 1. The molecule has 33 heavy (non-hydrogen) atoms. The predicted molar refractivity (Wildman–Crippen MR) is 124 cm³/mol. The zero-order chi connectivity index (χ0) is 22.4. The van der Waals surface area contributed by atoms with Crippen molar-refractivity contribution in [3.63, 3.8) is 0 Å². The lowest BCUT2D eigenvalue weighted by Gasteiger charge is -2.60. The van der Waals surface area contributed by atoms with Crippen LogP contribution in [0.2, 0.25) is 0 Å². The van der Waals surface area contributed by atoms with E-state index in [2.05, 4.69) is 43.3 Å². The Bertz CT molecular complexity index is 1350. The van der Waals surface area contributed by atoms with E-state index in [0.717, 1.165) is 53.9 Å². The molecular formula is C25H22N6O2. The summed E-state index contributed by atoms with van der Waals surface area (Å²) >= 11 is 0. The van der Waals surface area contributed by atoms with Crippen molar-refractivity contribution < 1.29 is 9.53 Å². The molecular weight excluding hydrogens is 416 g/mol. The first-order valence-corrected chi connectivity index (χ1v) is 10.8. The van der Waals surface area contributed by atoms with Gasteiger partial charge in [0.15, 0.2) is 5.69 Å². The van der Waals surface area contributed by atoms with E-state index in [1.54, 1.807) is 25.4 Å². The van der Waals surface area contributed by atoms with Crippen molar-refractivity contribution in [2.75, 3.05) is 38.2 Å². The molecule has 0 bridgehead atoms. The number of pyridine rings is 2. The maximum Gasteiger partial charge on any atom is 0.274 e. The summed E-state index contributed by atoms with van der Waals surface area (Å²) in [6, 6.07) is 15.7. The second-order valence-corrected chi connectivity index (χ2v) is 8.82. The fraction of sp³-hybridized carbons (Fsp3) is 0.240. The highest BCUT2D eigenvalue weighted by molar-refractivity contribution is 5.93. The molecule has 0 radical (unpaired) electrons. The van der Waals surface area contributed by atoms with Crippen molar-refractivity contribution in [2.45, 2.75) is 0 Å². The standard InChI is InChI=1S/C25H22N6O2/c1-33-23-7-5-18-9-17(4-6-21(18)28-23)19-10-20(12-26-11-19)30-13-25(14-30)15-31(16-25)24(32)22-3-2-8-27-29-22/h2-12H,13-16H2,1H3. The molecule has 5 heterocycles. The Kier molecular flexibility index (Phi) is 4.46. The van der Waals surface area contributed by atoms with Crippen LogP contribution >= 0.6 is 0 Å². The van der Waals surface area contributed by atoms with Gasteiger partial charge in [-0.15, -0.1) is 5.10 Å². The third-order valence-electron chi connectivity index (χ3n) is 6.48. The average Bonchev–Trinajstić information content (AvgIpc) is 2.82. The summed E-state index contributed by atoms with van der Waals surface area (Å²) < 4.78 is 5.22. The quantitative estimate of drug-likeness (QED) is 0.484. The number of carbonyl (C=O) groups excluding carboxylic acids is 1. The molecule has 2 saturated heterocycles. The van der Waals surface area contributed by atoms with Crippen LogP contribution in [0, 0.1) is 5.41 Å². The SMILES string of the molecule is COc1ccc2cc(-c3cncc(N4CC5(CN(C(=O)c6cccnn6)C5)C4)c3)ccc2n1. The highest BCUT2D eigenvalue weighted by atomic mass is 16.5. The lowest BCUT2D eigenvalue weighted by Crippen LogP contribution is -2.73. The van der Waals surface area contributed by atoms with Crippen LogP contribution in [0.4, 0.5) is 5.69 Å². The summed E-state index contributed by atoms with van der Waals surface area (Å²) in [4.78, 5) is 25.7. The Morgan fingerprint density at radius 1 is 1.00 bits per heavy atom. The number of hydrogen-bond donors (Lipinski definition) is 0. The van der Waals surface area contributed by atoms with Gasteiger partial charge in [0.2, 0.25) is 5.88 Å². The van der Waals surface area contributed by atoms with Crippen LogP contribution < -0.4 is 9.64 Å². The second kappa shape index (κ2) is 7.51. The van der Waals surface area contributed by atoms with E-state index in [-0.39, 0.29) is 11.3 Å². The molecule has 0 N–H and O–H groups in total. The van der Waals surface area contributed by atoms with Gasteiger partial charge >= 0.3 is 0 Å². The fourth-order valence-corrected chi connectivity index (χ4v) is 4.79. The highest BCUT2D eigenvalue weighted by Gasteiger charge is 2.53. The van der Waals surface area contributed by atoms with Gasteiger partial charge in [0.05, 0.1) is 24.5 Å². The summed E-state index contributed by atoms with van der Waals surface area (Å²) in [5, 5.41) is 8.80. The molecule has 2 aliphatic rings. The first-order chi connectivity index (χ1) is 16.1. The third kappa shape index (κ3) is 3.44. The van der Waals surface area contributed by atoms with Gasteiger partial charge in [-0.05, 0) is 42.0 Å². The maximum absolute atomic E-state index is 12.5. The minimum Gasteiger partial charge on any atom is -0.481 e. The van der Waals surface area contributed by atoms with E-state index in [1.807, 2.05) is 35.5 Å². The molecule has 0 unspecified atom stereocenters. The van der Waals surface area contributed by atoms with Gasteiger partial charge in [-0.25, -0.2) is 4.98 Å². The number of methoxy groups -OCH3 is 1. The van der Waals surface area contributed by atoms with E-state index < -0.39 is 0 Å². The molecule has 1 spiro atoms. The number of anilines is 1. The monoisotopic (exact) mass is 438 g/mol. The van der Waals surface area contributed by atoms with E-state index >= 15 is 0 Å². The van der Waals surface area contributed by atoms with E-state index in [4.69, 9.17) is 4.74 Å². The van der Waals surface area contributed by atoms with Gasteiger partial charge in [-0.1, -0.05) is 6.07 Å².